The third-order valence-electron chi connectivity index (χ3n) is 3.36. The molecule has 1 aliphatic carbocycles. The highest BCUT2D eigenvalue weighted by atomic mass is 79.9. The van der Waals surface area contributed by atoms with Crippen LogP contribution in [0, 0.1) is 5.92 Å². The highest BCUT2D eigenvalue weighted by Gasteiger charge is 2.20. The van der Waals surface area contributed by atoms with Gasteiger partial charge in [-0.2, -0.15) is 0 Å². The summed E-state index contributed by atoms with van der Waals surface area (Å²) < 4.78 is 1.23. The highest BCUT2D eigenvalue weighted by Crippen LogP contribution is 2.28. The van der Waals surface area contributed by atoms with Crippen LogP contribution in [0.15, 0.2) is 15.2 Å². The monoisotopic (exact) mass is 287 g/mol. The third kappa shape index (κ3) is 3.30. The van der Waals surface area contributed by atoms with Gasteiger partial charge in [0.1, 0.15) is 0 Å². The zero-order chi connectivity index (χ0) is 10.7. The van der Waals surface area contributed by atoms with Gasteiger partial charge in [0.05, 0.1) is 3.79 Å². The van der Waals surface area contributed by atoms with Gasteiger partial charge in [0, 0.05) is 12.6 Å². The molecule has 0 spiro atoms. The van der Waals surface area contributed by atoms with Crippen molar-refractivity contribution in [3.8, 4) is 0 Å². The maximum Gasteiger partial charge on any atom is 0.0701 e. The second-order valence-corrected chi connectivity index (χ2v) is 6.76. The van der Waals surface area contributed by atoms with E-state index in [9.17, 15) is 0 Å². The zero-order valence-corrected chi connectivity index (χ0v) is 11.5. The Morgan fingerprint density at radius 1 is 1.53 bits per heavy atom. The Kier molecular flexibility index (Phi) is 4.23. The number of hydrogen-bond acceptors (Lipinski definition) is 2. The molecule has 1 N–H and O–H groups in total. The predicted molar refractivity (Wildman–Crippen MR) is 70.3 cm³/mol. The Bertz CT molecular complexity index is 304. The number of thiophene rings is 1. The van der Waals surface area contributed by atoms with Crippen molar-refractivity contribution in [2.45, 2.75) is 45.2 Å². The Balaban J connectivity index is 1.77. The molecule has 84 valence electrons. The van der Waals surface area contributed by atoms with Crippen LogP contribution in [-0.2, 0) is 6.54 Å². The molecular formula is C12H18BrNS. The first-order valence-corrected chi connectivity index (χ1v) is 7.39. The maximum atomic E-state index is 3.64. The zero-order valence-electron chi connectivity index (χ0n) is 9.13. The van der Waals surface area contributed by atoms with Crippen LogP contribution in [0.3, 0.4) is 0 Å². The van der Waals surface area contributed by atoms with E-state index >= 15 is 0 Å². The predicted octanol–water partition coefficient (Wildman–Crippen LogP) is 4.18. The van der Waals surface area contributed by atoms with Gasteiger partial charge in [-0.1, -0.05) is 12.8 Å². The molecule has 1 aromatic rings. The van der Waals surface area contributed by atoms with Crippen molar-refractivity contribution >= 4 is 27.3 Å². The molecule has 1 unspecified atom stereocenters. The van der Waals surface area contributed by atoms with Crippen LogP contribution in [0.5, 0.6) is 0 Å². The van der Waals surface area contributed by atoms with E-state index in [-0.39, 0.29) is 0 Å². The Labute approximate surface area is 104 Å². The van der Waals surface area contributed by atoms with Crippen molar-refractivity contribution in [3.05, 3.63) is 20.8 Å². The minimum Gasteiger partial charge on any atom is -0.310 e. The molecule has 1 heterocycles. The van der Waals surface area contributed by atoms with Crippen molar-refractivity contribution in [2.75, 3.05) is 0 Å². The van der Waals surface area contributed by atoms with E-state index in [1.54, 1.807) is 11.3 Å². The van der Waals surface area contributed by atoms with Gasteiger partial charge in [0.15, 0.2) is 0 Å². The minimum atomic E-state index is 0.672. The molecule has 1 atom stereocenters. The Morgan fingerprint density at radius 3 is 2.87 bits per heavy atom. The first-order valence-electron chi connectivity index (χ1n) is 5.72. The number of halogens is 1. The number of nitrogens with one attached hydrogen (secondary N) is 1. The lowest BCUT2D eigenvalue weighted by atomic mass is 10.00. The number of rotatable bonds is 4. The molecular weight excluding hydrogens is 270 g/mol. The minimum absolute atomic E-state index is 0.672. The van der Waals surface area contributed by atoms with E-state index in [0.29, 0.717) is 6.04 Å². The van der Waals surface area contributed by atoms with Crippen LogP contribution in [0.25, 0.3) is 0 Å². The fraction of sp³-hybridized carbons (Fsp3) is 0.667. The molecule has 15 heavy (non-hydrogen) atoms. The van der Waals surface area contributed by atoms with Gasteiger partial charge in [-0.15, -0.1) is 11.3 Å². The van der Waals surface area contributed by atoms with Crippen LogP contribution in [0.4, 0.5) is 0 Å². The van der Waals surface area contributed by atoms with Crippen molar-refractivity contribution in [3.63, 3.8) is 0 Å². The summed E-state index contributed by atoms with van der Waals surface area (Å²) in [5.74, 6) is 0.909. The lowest BCUT2D eigenvalue weighted by Gasteiger charge is -2.19. The molecule has 1 aromatic heterocycles. The topological polar surface area (TPSA) is 12.0 Å². The van der Waals surface area contributed by atoms with Gasteiger partial charge in [-0.25, -0.2) is 0 Å². The maximum absolute atomic E-state index is 3.64. The summed E-state index contributed by atoms with van der Waals surface area (Å²) in [5.41, 5.74) is 1.40. The van der Waals surface area contributed by atoms with E-state index in [1.165, 1.54) is 35.0 Å². The van der Waals surface area contributed by atoms with Crippen molar-refractivity contribution in [2.24, 2.45) is 5.92 Å². The van der Waals surface area contributed by atoms with E-state index in [0.717, 1.165) is 12.5 Å². The summed E-state index contributed by atoms with van der Waals surface area (Å²) >= 11 is 5.26. The molecule has 0 aliphatic heterocycles. The van der Waals surface area contributed by atoms with Crippen LogP contribution in [0.2, 0.25) is 0 Å². The fourth-order valence-corrected chi connectivity index (χ4v) is 3.55. The summed E-state index contributed by atoms with van der Waals surface area (Å²) in [6.07, 6.45) is 5.70. The molecule has 1 saturated carbocycles. The SMILES string of the molecule is CC(NCc1csc(Br)c1)C1CCCC1. The summed E-state index contributed by atoms with van der Waals surface area (Å²) in [6, 6.07) is 2.88. The molecule has 1 aliphatic rings. The average molecular weight is 288 g/mol. The molecule has 0 saturated heterocycles. The molecule has 0 radical (unpaired) electrons. The molecule has 0 bridgehead atoms. The molecule has 2 rings (SSSR count). The van der Waals surface area contributed by atoms with Gasteiger partial charge in [0.25, 0.3) is 0 Å². The summed E-state index contributed by atoms with van der Waals surface area (Å²) in [7, 11) is 0. The van der Waals surface area contributed by atoms with E-state index < -0.39 is 0 Å². The van der Waals surface area contributed by atoms with Gasteiger partial charge >= 0.3 is 0 Å². The molecule has 1 nitrogen and oxygen atoms in total. The standard InChI is InChI=1S/C12H18BrNS/c1-9(11-4-2-3-5-11)14-7-10-6-12(13)15-8-10/h6,8-9,11,14H,2-5,7H2,1H3. The quantitative estimate of drug-likeness (QED) is 0.876. The lowest BCUT2D eigenvalue weighted by molar-refractivity contribution is 0.380. The van der Waals surface area contributed by atoms with Crippen LogP contribution in [0.1, 0.15) is 38.2 Å². The summed E-state index contributed by atoms with van der Waals surface area (Å²) in [5, 5.41) is 5.86. The fourth-order valence-electron chi connectivity index (χ4n) is 2.34. The lowest BCUT2D eigenvalue weighted by Crippen LogP contribution is -2.31. The summed E-state index contributed by atoms with van der Waals surface area (Å²) in [4.78, 5) is 0. The van der Waals surface area contributed by atoms with Crippen molar-refractivity contribution in [1.29, 1.82) is 0 Å². The second-order valence-electron chi connectivity index (χ2n) is 4.47. The van der Waals surface area contributed by atoms with Gasteiger partial charge in [0.2, 0.25) is 0 Å². The largest absolute Gasteiger partial charge is 0.310 e. The Hall–Kier alpha value is 0.140. The molecule has 0 aromatic carbocycles. The number of hydrogen-bond donors (Lipinski definition) is 1. The van der Waals surface area contributed by atoms with Crippen LogP contribution < -0.4 is 5.32 Å². The third-order valence-corrected chi connectivity index (χ3v) is 4.91. The van der Waals surface area contributed by atoms with Crippen molar-refractivity contribution < 1.29 is 0 Å². The van der Waals surface area contributed by atoms with Crippen LogP contribution in [-0.4, -0.2) is 6.04 Å². The molecule has 1 fully saturated rings. The van der Waals surface area contributed by atoms with E-state index in [1.807, 2.05) is 0 Å². The highest BCUT2D eigenvalue weighted by molar-refractivity contribution is 9.11. The first kappa shape index (κ1) is 11.6. The Morgan fingerprint density at radius 2 is 2.27 bits per heavy atom. The first-order chi connectivity index (χ1) is 7.25. The normalized spacial score (nSPS) is 19.6. The van der Waals surface area contributed by atoms with Crippen molar-refractivity contribution in [1.82, 2.24) is 5.32 Å². The van der Waals surface area contributed by atoms with Crippen LogP contribution >= 0.6 is 27.3 Å². The van der Waals surface area contributed by atoms with Gasteiger partial charge in [-0.3, -0.25) is 0 Å². The summed E-state index contributed by atoms with van der Waals surface area (Å²) in [6.45, 7) is 3.34. The van der Waals surface area contributed by atoms with E-state index in [4.69, 9.17) is 0 Å². The van der Waals surface area contributed by atoms with Gasteiger partial charge < -0.3 is 5.32 Å². The molecule has 3 heteroatoms. The van der Waals surface area contributed by atoms with Gasteiger partial charge in [-0.05, 0) is 58.6 Å². The van der Waals surface area contributed by atoms with E-state index in [2.05, 4.69) is 39.6 Å². The average Bonchev–Trinajstić information content (AvgIpc) is 2.84. The second kappa shape index (κ2) is 5.46. The molecule has 0 amide bonds. The smallest absolute Gasteiger partial charge is 0.0701 e.